The molecule has 1 saturated heterocycles. The van der Waals surface area contributed by atoms with Gasteiger partial charge in [-0.3, -0.25) is 0 Å². The zero-order chi connectivity index (χ0) is 15.8. The van der Waals surface area contributed by atoms with E-state index in [1.165, 1.54) is 0 Å². The third kappa shape index (κ3) is 3.64. The van der Waals surface area contributed by atoms with E-state index in [-0.39, 0.29) is 5.41 Å². The Labute approximate surface area is 128 Å². The van der Waals surface area contributed by atoms with Crippen molar-refractivity contribution in [3.05, 3.63) is 11.4 Å². The van der Waals surface area contributed by atoms with Gasteiger partial charge in [-0.2, -0.15) is 0 Å². The highest BCUT2D eigenvalue weighted by atomic mass is 15.1. The highest BCUT2D eigenvalue weighted by molar-refractivity contribution is 5.55. The largest absolute Gasteiger partial charge is 0.383 e. The molecule has 1 aliphatic rings. The maximum atomic E-state index is 6.08. The lowest BCUT2D eigenvalue weighted by molar-refractivity contribution is 0.206. The molecule has 0 spiro atoms. The summed E-state index contributed by atoms with van der Waals surface area (Å²) < 4.78 is 0. The van der Waals surface area contributed by atoms with Crippen molar-refractivity contribution in [2.45, 2.75) is 52.5 Å². The summed E-state index contributed by atoms with van der Waals surface area (Å²) in [5, 5.41) is 3.62. The number of anilines is 2. The van der Waals surface area contributed by atoms with E-state index in [9.17, 15) is 0 Å². The Morgan fingerprint density at radius 1 is 1.29 bits per heavy atom. The van der Waals surface area contributed by atoms with E-state index in [0.717, 1.165) is 36.7 Å². The molecule has 5 nitrogen and oxygen atoms in total. The van der Waals surface area contributed by atoms with Gasteiger partial charge in [0.25, 0.3) is 0 Å². The quantitative estimate of drug-likeness (QED) is 0.876. The van der Waals surface area contributed by atoms with E-state index in [1.54, 1.807) is 0 Å². The Bertz CT molecular complexity index is 506. The third-order valence-electron chi connectivity index (χ3n) is 4.28. The fourth-order valence-corrected chi connectivity index (χ4v) is 2.75. The Morgan fingerprint density at radius 2 is 1.95 bits per heavy atom. The number of piperidine rings is 1. The summed E-state index contributed by atoms with van der Waals surface area (Å²) in [6.07, 6.45) is 1.13. The molecule has 0 radical (unpaired) electrons. The van der Waals surface area contributed by atoms with Crippen molar-refractivity contribution in [3.8, 4) is 0 Å². The van der Waals surface area contributed by atoms with E-state index in [4.69, 9.17) is 10.7 Å². The predicted octanol–water partition coefficient (Wildman–Crippen LogP) is 2.42. The number of nitrogens with zero attached hydrogens (tertiary/aromatic N) is 3. The Balaban J connectivity index is 2.25. The number of nitrogens with two attached hydrogens (primary N) is 1. The van der Waals surface area contributed by atoms with Crippen LogP contribution < -0.4 is 11.1 Å². The van der Waals surface area contributed by atoms with Crippen molar-refractivity contribution in [1.29, 1.82) is 0 Å². The normalized spacial score (nSPS) is 24.1. The average molecular weight is 291 g/mol. The summed E-state index contributed by atoms with van der Waals surface area (Å²) in [4.78, 5) is 11.6. The van der Waals surface area contributed by atoms with Crippen molar-refractivity contribution < 1.29 is 0 Å². The molecule has 0 bridgehead atoms. The summed E-state index contributed by atoms with van der Waals surface area (Å²) in [6.45, 7) is 12.8. The molecule has 1 aliphatic heterocycles. The number of likely N-dealkylation sites (tertiary alicyclic amines) is 1. The first-order chi connectivity index (χ1) is 9.68. The van der Waals surface area contributed by atoms with Crippen LogP contribution in [-0.2, 0) is 5.41 Å². The summed E-state index contributed by atoms with van der Waals surface area (Å²) >= 11 is 0. The monoisotopic (exact) mass is 291 g/mol. The second kappa shape index (κ2) is 5.79. The lowest BCUT2D eigenvalue weighted by Gasteiger charge is -2.36. The maximum absolute atomic E-state index is 6.08. The number of nitrogen functional groups attached to an aromatic ring is 1. The van der Waals surface area contributed by atoms with Crippen molar-refractivity contribution in [1.82, 2.24) is 14.9 Å². The molecular weight excluding hydrogens is 262 g/mol. The topological polar surface area (TPSA) is 67.1 Å². The van der Waals surface area contributed by atoms with Gasteiger partial charge in [-0.1, -0.05) is 27.7 Å². The lowest BCUT2D eigenvalue weighted by atomic mass is 9.93. The van der Waals surface area contributed by atoms with Crippen LogP contribution in [0.15, 0.2) is 0 Å². The number of rotatable bonds is 2. The van der Waals surface area contributed by atoms with Gasteiger partial charge >= 0.3 is 0 Å². The van der Waals surface area contributed by atoms with Crippen LogP contribution in [0.1, 0.15) is 45.5 Å². The fourth-order valence-electron chi connectivity index (χ4n) is 2.75. The van der Waals surface area contributed by atoms with Gasteiger partial charge in [0.15, 0.2) is 0 Å². The summed E-state index contributed by atoms with van der Waals surface area (Å²) in [5.74, 6) is 2.87. The second-order valence-corrected chi connectivity index (χ2v) is 7.44. The molecule has 1 aromatic rings. The van der Waals surface area contributed by atoms with Crippen LogP contribution in [-0.4, -0.2) is 41.0 Å². The molecule has 21 heavy (non-hydrogen) atoms. The Hall–Kier alpha value is -1.36. The maximum Gasteiger partial charge on any atom is 0.138 e. The van der Waals surface area contributed by atoms with Gasteiger partial charge in [-0.15, -0.1) is 0 Å². The lowest BCUT2D eigenvalue weighted by Crippen LogP contribution is -2.43. The first-order valence-electron chi connectivity index (χ1n) is 7.78. The minimum atomic E-state index is -0.101. The van der Waals surface area contributed by atoms with Gasteiger partial charge < -0.3 is 16.0 Å². The van der Waals surface area contributed by atoms with Gasteiger partial charge in [-0.05, 0) is 32.9 Å². The number of hydrogen-bond donors (Lipinski definition) is 2. The minimum absolute atomic E-state index is 0.101. The van der Waals surface area contributed by atoms with Crippen molar-refractivity contribution in [2.24, 2.45) is 5.92 Å². The van der Waals surface area contributed by atoms with Gasteiger partial charge in [0.05, 0.1) is 0 Å². The van der Waals surface area contributed by atoms with Gasteiger partial charge in [0.2, 0.25) is 0 Å². The van der Waals surface area contributed by atoms with Crippen molar-refractivity contribution in [3.63, 3.8) is 0 Å². The summed E-state index contributed by atoms with van der Waals surface area (Å²) in [6, 6.07) is 0.446. The van der Waals surface area contributed by atoms with Crippen LogP contribution in [0, 0.1) is 12.8 Å². The third-order valence-corrected chi connectivity index (χ3v) is 4.28. The van der Waals surface area contributed by atoms with Crippen molar-refractivity contribution >= 4 is 11.6 Å². The number of nitrogens with one attached hydrogen (secondary N) is 1. The van der Waals surface area contributed by atoms with Crippen LogP contribution in [0.25, 0.3) is 0 Å². The van der Waals surface area contributed by atoms with Crippen LogP contribution in [0.3, 0.4) is 0 Å². The standard InChI is InChI=1S/C16H29N5/c1-10-9-21(6)8-7-12(10)18-14-11(2)13(17)19-15(20-14)16(3,4)5/h10,12H,7-9H2,1-6H3,(H3,17,18,19,20). The van der Waals surface area contributed by atoms with Crippen molar-refractivity contribution in [2.75, 3.05) is 31.2 Å². The molecule has 118 valence electrons. The van der Waals surface area contributed by atoms with Gasteiger partial charge in [-0.25, -0.2) is 9.97 Å². The fraction of sp³-hybridized carbons (Fsp3) is 0.750. The first kappa shape index (κ1) is 16.0. The van der Waals surface area contributed by atoms with E-state index < -0.39 is 0 Å². The van der Waals surface area contributed by atoms with Gasteiger partial charge in [0.1, 0.15) is 17.5 Å². The zero-order valence-corrected chi connectivity index (χ0v) is 14.2. The van der Waals surface area contributed by atoms with Crippen LogP contribution in [0.2, 0.25) is 0 Å². The van der Waals surface area contributed by atoms with Gasteiger partial charge in [0, 0.05) is 23.6 Å². The molecule has 2 unspecified atom stereocenters. The molecule has 0 saturated carbocycles. The van der Waals surface area contributed by atoms with Crippen LogP contribution in [0.4, 0.5) is 11.6 Å². The molecule has 1 fully saturated rings. The highest BCUT2D eigenvalue weighted by Gasteiger charge is 2.26. The van der Waals surface area contributed by atoms with Crippen LogP contribution >= 0.6 is 0 Å². The molecule has 3 N–H and O–H groups in total. The molecule has 5 heteroatoms. The van der Waals surface area contributed by atoms with E-state index in [1.807, 2.05) is 6.92 Å². The van der Waals surface area contributed by atoms with E-state index >= 15 is 0 Å². The smallest absolute Gasteiger partial charge is 0.138 e. The number of aromatic nitrogens is 2. The Kier molecular flexibility index (Phi) is 4.42. The molecular formula is C16H29N5. The second-order valence-electron chi connectivity index (χ2n) is 7.44. The number of hydrogen-bond acceptors (Lipinski definition) is 5. The molecule has 1 aromatic heterocycles. The average Bonchev–Trinajstić information content (AvgIpc) is 2.36. The summed E-state index contributed by atoms with van der Waals surface area (Å²) in [5.41, 5.74) is 6.93. The minimum Gasteiger partial charge on any atom is -0.383 e. The first-order valence-corrected chi connectivity index (χ1v) is 7.78. The molecule has 0 aliphatic carbocycles. The zero-order valence-electron chi connectivity index (χ0n) is 14.2. The molecule has 2 rings (SSSR count). The Morgan fingerprint density at radius 3 is 2.52 bits per heavy atom. The van der Waals surface area contributed by atoms with Crippen LogP contribution in [0.5, 0.6) is 0 Å². The highest BCUT2D eigenvalue weighted by Crippen LogP contribution is 2.27. The SMILES string of the molecule is Cc1c(N)nc(C(C)(C)C)nc1NC1CCN(C)CC1C. The molecule has 2 atom stereocenters. The predicted molar refractivity (Wildman–Crippen MR) is 88.6 cm³/mol. The van der Waals surface area contributed by atoms with E-state index in [0.29, 0.717) is 17.8 Å². The molecule has 0 amide bonds. The van der Waals surface area contributed by atoms with E-state index in [2.05, 4.69) is 49.9 Å². The summed E-state index contributed by atoms with van der Waals surface area (Å²) in [7, 11) is 2.18. The molecule has 2 heterocycles. The molecule has 0 aromatic carbocycles.